The SMILES string of the molecule is COc1ccc(CNc2nccc(-c3[nH]c(C4CCN(C)CC4)nc3-c3cccc(C(F)(F)F)c3)n2)cc1. The molecule has 0 amide bonds. The van der Waals surface area contributed by atoms with Crippen molar-refractivity contribution < 1.29 is 17.9 Å². The van der Waals surface area contributed by atoms with Crippen LogP contribution in [0, 0.1) is 0 Å². The first-order valence-corrected chi connectivity index (χ1v) is 12.5. The molecule has 1 saturated heterocycles. The zero-order valence-corrected chi connectivity index (χ0v) is 21.2. The lowest BCUT2D eigenvalue weighted by Crippen LogP contribution is -2.29. The number of H-pyrrole nitrogens is 1. The van der Waals surface area contributed by atoms with E-state index >= 15 is 0 Å². The number of imidazole rings is 1. The van der Waals surface area contributed by atoms with Gasteiger partial charge in [-0.05, 0) is 68.9 Å². The predicted octanol–water partition coefficient (Wildman–Crippen LogP) is 5.98. The summed E-state index contributed by atoms with van der Waals surface area (Å²) in [7, 11) is 3.70. The minimum atomic E-state index is -4.45. The van der Waals surface area contributed by atoms with Crippen LogP contribution in [0.2, 0.25) is 0 Å². The second-order valence-electron chi connectivity index (χ2n) is 9.47. The lowest BCUT2D eigenvalue weighted by Gasteiger charge is -2.27. The van der Waals surface area contributed by atoms with Gasteiger partial charge in [-0.3, -0.25) is 0 Å². The first-order valence-electron chi connectivity index (χ1n) is 12.5. The van der Waals surface area contributed by atoms with Crippen molar-refractivity contribution >= 4 is 5.95 Å². The highest BCUT2D eigenvalue weighted by molar-refractivity contribution is 5.77. The summed E-state index contributed by atoms with van der Waals surface area (Å²) in [5, 5.41) is 3.22. The second kappa shape index (κ2) is 10.8. The van der Waals surface area contributed by atoms with Gasteiger partial charge >= 0.3 is 6.18 Å². The fourth-order valence-electron chi connectivity index (χ4n) is 4.61. The first-order chi connectivity index (χ1) is 18.3. The normalized spacial score (nSPS) is 15.0. The summed E-state index contributed by atoms with van der Waals surface area (Å²) >= 11 is 0. The molecule has 2 aromatic carbocycles. The largest absolute Gasteiger partial charge is 0.497 e. The number of anilines is 1. The Hall–Kier alpha value is -3.92. The van der Waals surface area contributed by atoms with Gasteiger partial charge in [0.25, 0.3) is 0 Å². The van der Waals surface area contributed by atoms with Gasteiger partial charge < -0.3 is 19.9 Å². The van der Waals surface area contributed by atoms with E-state index in [0.29, 0.717) is 35.1 Å². The van der Waals surface area contributed by atoms with Gasteiger partial charge in [-0.2, -0.15) is 13.2 Å². The van der Waals surface area contributed by atoms with E-state index in [9.17, 15) is 13.2 Å². The summed E-state index contributed by atoms with van der Waals surface area (Å²) in [6.07, 6.45) is -0.977. The number of piperidine rings is 1. The minimum Gasteiger partial charge on any atom is -0.497 e. The third-order valence-electron chi connectivity index (χ3n) is 6.81. The summed E-state index contributed by atoms with van der Waals surface area (Å²) in [4.78, 5) is 19.5. The average Bonchev–Trinajstić information content (AvgIpc) is 3.38. The molecule has 1 aliphatic heterocycles. The Balaban J connectivity index is 1.48. The molecular formula is C28H29F3N6O. The summed E-state index contributed by atoms with van der Waals surface area (Å²) in [6.45, 7) is 2.37. The number of likely N-dealkylation sites (tertiary alicyclic amines) is 1. The maximum Gasteiger partial charge on any atom is 0.416 e. The predicted molar refractivity (Wildman–Crippen MR) is 140 cm³/mol. The number of hydrogen-bond donors (Lipinski definition) is 2. The summed E-state index contributed by atoms with van der Waals surface area (Å²) in [5.74, 6) is 2.14. The number of benzene rings is 2. The molecule has 7 nitrogen and oxygen atoms in total. The highest BCUT2D eigenvalue weighted by Crippen LogP contribution is 2.37. The summed E-state index contributed by atoms with van der Waals surface area (Å²) in [6, 6.07) is 14.7. The number of methoxy groups -OCH3 is 1. The Morgan fingerprint density at radius 2 is 1.82 bits per heavy atom. The van der Waals surface area contributed by atoms with Crippen LogP contribution >= 0.6 is 0 Å². The van der Waals surface area contributed by atoms with Crippen molar-refractivity contribution in [3.05, 3.63) is 77.7 Å². The summed E-state index contributed by atoms with van der Waals surface area (Å²) in [5.41, 5.74) is 2.27. The van der Waals surface area contributed by atoms with Crippen LogP contribution in [0.4, 0.5) is 19.1 Å². The van der Waals surface area contributed by atoms with Crippen molar-refractivity contribution in [1.82, 2.24) is 24.8 Å². The zero-order valence-electron chi connectivity index (χ0n) is 21.2. The molecule has 198 valence electrons. The third kappa shape index (κ3) is 5.80. The smallest absolute Gasteiger partial charge is 0.416 e. The molecule has 2 N–H and O–H groups in total. The number of ether oxygens (including phenoxy) is 1. The lowest BCUT2D eigenvalue weighted by molar-refractivity contribution is -0.137. The molecule has 38 heavy (non-hydrogen) atoms. The maximum absolute atomic E-state index is 13.5. The molecule has 2 aromatic heterocycles. The Labute approximate surface area is 219 Å². The van der Waals surface area contributed by atoms with Crippen molar-refractivity contribution in [3.8, 4) is 28.4 Å². The highest BCUT2D eigenvalue weighted by atomic mass is 19.4. The van der Waals surface area contributed by atoms with Crippen molar-refractivity contribution in [2.24, 2.45) is 0 Å². The Kier molecular flexibility index (Phi) is 7.33. The number of aromatic nitrogens is 4. The molecule has 0 atom stereocenters. The van der Waals surface area contributed by atoms with Crippen molar-refractivity contribution in [3.63, 3.8) is 0 Å². The van der Waals surface area contributed by atoms with E-state index in [1.807, 2.05) is 24.3 Å². The molecule has 0 saturated carbocycles. The molecule has 0 unspecified atom stereocenters. The molecule has 0 radical (unpaired) electrons. The second-order valence-corrected chi connectivity index (χ2v) is 9.47. The number of hydrogen-bond acceptors (Lipinski definition) is 6. The fourth-order valence-corrected chi connectivity index (χ4v) is 4.61. The molecule has 1 aliphatic rings. The Bertz CT molecular complexity index is 1380. The highest BCUT2D eigenvalue weighted by Gasteiger charge is 2.31. The van der Waals surface area contributed by atoms with E-state index in [2.05, 4.69) is 32.2 Å². The average molecular weight is 523 g/mol. The number of nitrogens with zero attached hydrogens (tertiary/aromatic N) is 4. The van der Waals surface area contributed by atoms with Crippen molar-refractivity contribution in [2.45, 2.75) is 31.5 Å². The summed E-state index contributed by atoms with van der Waals surface area (Å²) < 4.78 is 45.7. The van der Waals surface area contributed by atoms with Gasteiger partial charge in [0.2, 0.25) is 5.95 Å². The van der Waals surface area contributed by atoms with E-state index in [-0.39, 0.29) is 5.92 Å². The van der Waals surface area contributed by atoms with Gasteiger partial charge in [-0.25, -0.2) is 15.0 Å². The molecule has 0 bridgehead atoms. The molecule has 0 aliphatic carbocycles. The Morgan fingerprint density at radius 1 is 1.05 bits per heavy atom. The Morgan fingerprint density at radius 3 is 2.53 bits per heavy atom. The van der Waals surface area contributed by atoms with Crippen LogP contribution in [0.25, 0.3) is 22.6 Å². The van der Waals surface area contributed by atoms with Crippen LogP contribution in [-0.2, 0) is 12.7 Å². The van der Waals surface area contributed by atoms with Gasteiger partial charge in [0.05, 0.1) is 29.8 Å². The van der Waals surface area contributed by atoms with E-state index in [1.54, 1.807) is 25.4 Å². The molecular weight excluding hydrogens is 493 g/mol. The monoisotopic (exact) mass is 522 g/mol. The lowest BCUT2D eigenvalue weighted by atomic mass is 9.96. The van der Waals surface area contributed by atoms with Gasteiger partial charge in [-0.1, -0.05) is 24.3 Å². The van der Waals surface area contributed by atoms with E-state index in [1.165, 1.54) is 6.07 Å². The van der Waals surface area contributed by atoms with E-state index in [4.69, 9.17) is 9.72 Å². The van der Waals surface area contributed by atoms with Crippen LogP contribution in [-0.4, -0.2) is 52.1 Å². The van der Waals surface area contributed by atoms with Crippen LogP contribution in [0.15, 0.2) is 60.8 Å². The number of alkyl halides is 3. The molecule has 5 rings (SSSR count). The van der Waals surface area contributed by atoms with Crippen LogP contribution in [0.3, 0.4) is 0 Å². The minimum absolute atomic E-state index is 0.194. The van der Waals surface area contributed by atoms with Crippen LogP contribution in [0.1, 0.15) is 35.7 Å². The molecule has 10 heteroatoms. The first kappa shape index (κ1) is 25.7. The quantitative estimate of drug-likeness (QED) is 0.311. The number of rotatable bonds is 7. The number of nitrogens with one attached hydrogen (secondary N) is 2. The fraction of sp³-hybridized carbons (Fsp3) is 0.321. The number of halogens is 3. The van der Waals surface area contributed by atoms with Gasteiger partial charge in [-0.15, -0.1) is 0 Å². The van der Waals surface area contributed by atoms with E-state index < -0.39 is 11.7 Å². The van der Waals surface area contributed by atoms with Gasteiger partial charge in [0, 0.05) is 24.2 Å². The van der Waals surface area contributed by atoms with Crippen LogP contribution < -0.4 is 10.1 Å². The number of aromatic amines is 1. The third-order valence-corrected chi connectivity index (χ3v) is 6.81. The van der Waals surface area contributed by atoms with Crippen molar-refractivity contribution in [2.75, 3.05) is 32.6 Å². The van der Waals surface area contributed by atoms with Gasteiger partial charge in [0.1, 0.15) is 11.6 Å². The topological polar surface area (TPSA) is 79.0 Å². The van der Waals surface area contributed by atoms with Gasteiger partial charge in [0.15, 0.2) is 0 Å². The molecule has 3 heterocycles. The van der Waals surface area contributed by atoms with E-state index in [0.717, 1.165) is 55.2 Å². The molecule has 4 aromatic rings. The standard InChI is InChI=1S/C28H29F3N6O/c1-37-14-11-19(12-15-37)26-35-24(20-4-3-5-21(16-20)28(29,30)31)25(36-26)23-10-13-32-27(34-23)33-17-18-6-8-22(38-2)9-7-18/h3-10,13,16,19H,11-12,14-15,17H2,1-2H3,(H,35,36)(H,32,33,34). The molecule has 0 spiro atoms. The molecule has 1 fully saturated rings. The maximum atomic E-state index is 13.5. The van der Waals surface area contributed by atoms with Crippen molar-refractivity contribution in [1.29, 1.82) is 0 Å². The van der Waals surface area contributed by atoms with Crippen LogP contribution in [0.5, 0.6) is 5.75 Å². The zero-order chi connectivity index (χ0) is 26.7.